The Balaban J connectivity index is 1.38. The summed E-state index contributed by atoms with van der Waals surface area (Å²) in [5.41, 5.74) is 7.65. The number of fused-ring (bicyclic) bond motifs is 1. The van der Waals surface area contributed by atoms with Gasteiger partial charge >= 0.3 is 7.69 Å². The summed E-state index contributed by atoms with van der Waals surface area (Å²) in [5.74, 6) is 0.559. The summed E-state index contributed by atoms with van der Waals surface area (Å²) in [6.45, 7) is 0. The van der Waals surface area contributed by atoms with Crippen molar-refractivity contribution in [2.75, 3.05) is 4.90 Å². The van der Waals surface area contributed by atoms with E-state index in [9.17, 15) is 0 Å². The Kier molecular flexibility index (Phi) is 6.63. The summed E-state index contributed by atoms with van der Waals surface area (Å²) >= 11 is 0. The quantitative estimate of drug-likeness (QED) is 0.228. The number of hydrogen-bond donors (Lipinski definition) is 1. The molecule has 0 heterocycles. The monoisotopic (exact) mass is 490 g/mol. The second-order valence-corrected chi connectivity index (χ2v) is 9.08. The van der Waals surface area contributed by atoms with Crippen molar-refractivity contribution in [2.24, 2.45) is 0 Å². The van der Waals surface area contributed by atoms with Crippen molar-refractivity contribution in [3.63, 3.8) is 0 Å². The van der Waals surface area contributed by atoms with Crippen LogP contribution in [-0.4, -0.2) is 12.7 Å². The molecule has 6 aromatic rings. The van der Waals surface area contributed by atoms with Crippen molar-refractivity contribution in [3.8, 4) is 28.0 Å². The van der Waals surface area contributed by atoms with Gasteiger partial charge in [0.1, 0.15) is 5.75 Å². The first-order valence-electron chi connectivity index (χ1n) is 12.6. The molecule has 4 heteroatoms. The molecule has 0 aliphatic carbocycles. The van der Waals surface area contributed by atoms with Crippen LogP contribution in [-0.2, 0) is 0 Å². The molecule has 0 unspecified atom stereocenters. The van der Waals surface area contributed by atoms with Crippen LogP contribution in [0.5, 0.6) is 5.75 Å². The standard InChI is InChI=1S/C34H25BNO2/c37-35-38-34-12-6-11-33(24-34)36(31-19-15-27(16-20-31)25-7-2-1-3-8-25)32-21-17-28(18-22-32)30-14-13-26-9-4-5-10-29(26)23-30/h1-24,37H. The van der Waals surface area contributed by atoms with E-state index in [4.69, 9.17) is 9.68 Å². The zero-order valence-corrected chi connectivity index (χ0v) is 20.7. The predicted octanol–water partition coefficient (Wildman–Crippen LogP) is 8.55. The van der Waals surface area contributed by atoms with Crippen LogP contribution in [0.25, 0.3) is 33.0 Å². The summed E-state index contributed by atoms with van der Waals surface area (Å²) < 4.78 is 5.26. The molecular weight excluding hydrogens is 465 g/mol. The van der Waals surface area contributed by atoms with Crippen molar-refractivity contribution < 1.29 is 9.68 Å². The highest BCUT2D eigenvalue weighted by atomic mass is 16.5. The van der Waals surface area contributed by atoms with Crippen molar-refractivity contribution in [2.45, 2.75) is 0 Å². The molecule has 3 nitrogen and oxygen atoms in total. The molecule has 1 radical (unpaired) electrons. The Hall–Kier alpha value is -4.80. The maximum atomic E-state index is 9.17. The fourth-order valence-corrected chi connectivity index (χ4v) is 4.81. The van der Waals surface area contributed by atoms with E-state index in [2.05, 4.69) is 120 Å². The first kappa shape index (κ1) is 23.6. The third-order valence-corrected chi connectivity index (χ3v) is 6.71. The van der Waals surface area contributed by atoms with Crippen molar-refractivity contribution >= 4 is 35.5 Å². The zero-order valence-electron chi connectivity index (χ0n) is 20.7. The highest BCUT2D eigenvalue weighted by molar-refractivity contribution is 6.17. The molecule has 0 spiro atoms. The highest BCUT2D eigenvalue weighted by Crippen LogP contribution is 2.38. The lowest BCUT2D eigenvalue weighted by molar-refractivity contribution is 0.454. The highest BCUT2D eigenvalue weighted by Gasteiger charge is 2.14. The van der Waals surface area contributed by atoms with Crippen LogP contribution in [0.15, 0.2) is 146 Å². The minimum Gasteiger partial charge on any atom is -0.537 e. The lowest BCUT2D eigenvalue weighted by atomic mass is 10.0. The van der Waals surface area contributed by atoms with Crippen LogP contribution in [0.4, 0.5) is 17.1 Å². The summed E-state index contributed by atoms with van der Waals surface area (Å²) in [6, 6.07) is 50.2. The molecule has 6 rings (SSSR count). The van der Waals surface area contributed by atoms with E-state index in [1.54, 1.807) is 0 Å². The Morgan fingerprint density at radius 3 is 1.71 bits per heavy atom. The van der Waals surface area contributed by atoms with Gasteiger partial charge in [0, 0.05) is 23.1 Å². The van der Waals surface area contributed by atoms with Gasteiger partial charge in [-0.15, -0.1) is 0 Å². The molecule has 1 N–H and O–H groups in total. The maximum Gasteiger partial charge on any atom is 0.569 e. The number of benzene rings is 6. The van der Waals surface area contributed by atoms with Gasteiger partial charge in [-0.25, -0.2) is 0 Å². The second kappa shape index (κ2) is 10.7. The van der Waals surface area contributed by atoms with E-state index in [-0.39, 0.29) is 0 Å². The summed E-state index contributed by atoms with van der Waals surface area (Å²) in [5, 5.41) is 11.6. The first-order valence-corrected chi connectivity index (χ1v) is 12.6. The number of rotatable bonds is 7. The Morgan fingerprint density at radius 2 is 1.03 bits per heavy atom. The molecule has 0 fully saturated rings. The fraction of sp³-hybridized carbons (Fsp3) is 0. The molecule has 0 saturated heterocycles. The molecule has 0 saturated carbocycles. The van der Waals surface area contributed by atoms with Crippen LogP contribution in [0, 0.1) is 0 Å². The van der Waals surface area contributed by atoms with Crippen LogP contribution in [0.2, 0.25) is 0 Å². The molecule has 0 atom stereocenters. The zero-order chi connectivity index (χ0) is 25.7. The van der Waals surface area contributed by atoms with Gasteiger partial charge in [-0.2, -0.15) is 0 Å². The largest absolute Gasteiger partial charge is 0.569 e. The smallest absolute Gasteiger partial charge is 0.537 e. The minimum absolute atomic E-state index is 0.559. The molecule has 0 aromatic heterocycles. The van der Waals surface area contributed by atoms with Gasteiger partial charge in [0.05, 0.1) is 0 Å². The SMILES string of the molecule is O[B]Oc1cccc(N(c2ccc(-c3ccccc3)cc2)c2ccc(-c3ccc4ccccc4c3)cc2)c1. The Morgan fingerprint density at radius 1 is 0.447 bits per heavy atom. The summed E-state index contributed by atoms with van der Waals surface area (Å²) in [6.07, 6.45) is 0. The van der Waals surface area contributed by atoms with Gasteiger partial charge in [0.15, 0.2) is 0 Å². The summed E-state index contributed by atoms with van der Waals surface area (Å²) in [4.78, 5) is 2.18. The van der Waals surface area contributed by atoms with E-state index in [1.807, 2.05) is 30.3 Å². The second-order valence-electron chi connectivity index (χ2n) is 9.08. The number of nitrogens with zero attached hydrogens (tertiary/aromatic N) is 1. The number of hydrogen-bond acceptors (Lipinski definition) is 3. The molecule has 0 bridgehead atoms. The normalized spacial score (nSPS) is 10.8. The van der Waals surface area contributed by atoms with E-state index >= 15 is 0 Å². The van der Waals surface area contributed by atoms with Crippen LogP contribution in [0.1, 0.15) is 0 Å². The Labute approximate surface area is 223 Å². The van der Waals surface area contributed by atoms with Crippen molar-refractivity contribution in [1.29, 1.82) is 0 Å². The van der Waals surface area contributed by atoms with E-state index in [0.717, 1.165) is 28.2 Å². The first-order chi connectivity index (χ1) is 18.8. The molecule has 0 aliphatic rings. The topological polar surface area (TPSA) is 32.7 Å². The van der Waals surface area contributed by atoms with E-state index in [1.165, 1.54) is 21.9 Å². The molecule has 6 aromatic carbocycles. The third kappa shape index (κ3) is 4.90. The number of anilines is 3. The van der Waals surface area contributed by atoms with E-state index < -0.39 is 0 Å². The molecule has 0 aliphatic heterocycles. The van der Waals surface area contributed by atoms with Gasteiger partial charge in [0.25, 0.3) is 0 Å². The predicted molar refractivity (Wildman–Crippen MR) is 158 cm³/mol. The molecular formula is C34H25BNO2. The van der Waals surface area contributed by atoms with Gasteiger partial charge < -0.3 is 14.6 Å². The van der Waals surface area contributed by atoms with Gasteiger partial charge in [-0.3, -0.25) is 0 Å². The van der Waals surface area contributed by atoms with E-state index in [0.29, 0.717) is 13.4 Å². The lowest BCUT2D eigenvalue weighted by Gasteiger charge is -2.26. The van der Waals surface area contributed by atoms with Gasteiger partial charge in [-0.1, -0.05) is 97.1 Å². The minimum atomic E-state index is 0.559. The lowest BCUT2D eigenvalue weighted by Crippen LogP contribution is -2.10. The van der Waals surface area contributed by atoms with Crippen molar-refractivity contribution in [3.05, 3.63) is 146 Å². The average molecular weight is 490 g/mol. The molecule has 181 valence electrons. The molecule has 0 amide bonds. The van der Waals surface area contributed by atoms with Crippen LogP contribution < -0.4 is 9.55 Å². The van der Waals surface area contributed by atoms with Crippen LogP contribution in [0.3, 0.4) is 0 Å². The van der Waals surface area contributed by atoms with Crippen molar-refractivity contribution in [1.82, 2.24) is 0 Å². The van der Waals surface area contributed by atoms with Crippen LogP contribution >= 0.6 is 0 Å². The molecule has 38 heavy (non-hydrogen) atoms. The van der Waals surface area contributed by atoms with Gasteiger partial charge in [-0.05, 0) is 75.5 Å². The third-order valence-electron chi connectivity index (χ3n) is 6.71. The Bertz CT molecular complexity index is 1670. The summed E-state index contributed by atoms with van der Waals surface area (Å²) in [7, 11) is 0.705. The average Bonchev–Trinajstić information content (AvgIpc) is 2.99. The fourth-order valence-electron chi connectivity index (χ4n) is 4.81. The maximum absolute atomic E-state index is 9.17. The van der Waals surface area contributed by atoms with Gasteiger partial charge in [0.2, 0.25) is 0 Å².